The van der Waals surface area contributed by atoms with Crippen molar-refractivity contribution in [3.63, 3.8) is 0 Å². The largest absolute Gasteiger partial charge is 0.497 e. The fraction of sp³-hybridized carbons (Fsp3) is 0.476. The summed E-state index contributed by atoms with van der Waals surface area (Å²) in [7, 11) is 3.51. The molecule has 1 aromatic carbocycles. The maximum Gasteiger partial charge on any atom is 0.191 e. The molecule has 28 heavy (non-hydrogen) atoms. The summed E-state index contributed by atoms with van der Waals surface area (Å²) >= 11 is 1.81. The highest BCUT2D eigenvalue weighted by atomic mass is 32.1. The minimum Gasteiger partial charge on any atom is -0.497 e. The highest BCUT2D eigenvalue weighted by molar-refractivity contribution is 7.11. The molecule has 2 N–H and O–H groups in total. The van der Waals surface area contributed by atoms with Crippen molar-refractivity contribution in [2.45, 2.75) is 19.5 Å². The summed E-state index contributed by atoms with van der Waals surface area (Å²) in [6.45, 7) is 7.09. The van der Waals surface area contributed by atoms with E-state index in [0.29, 0.717) is 0 Å². The third kappa shape index (κ3) is 5.70. The number of aliphatic imine (C=N–C) groups is 1. The van der Waals surface area contributed by atoms with Crippen LogP contribution in [0.4, 0.5) is 0 Å². The van der Waals surface area contributed by atoms with Crippen molar-refractivity contribution in [3.05, 3.63) is 51.7 Å². The molecule has 1 fully saturated rings. The fourth-order valence-electron chi connectivity index (χ4n) is 3.34. The lowest BCUT2D eigenvalue weighted by Gasteiger charge is -2.35. The first kappa shape index (κ1) is 20.6. The Hall–Kier alpha value is -2.09. The standard InChI is InChI=1S/C21H30N4O2S/c1-16-4-9-19(28-16)14-23-21(22-2)24-15-20(25-10-12-27-13-11-25)17-5-7-18(26-3)8-6-17/h4-9,20H,10-15H2,1-3H3,(H2,22,23,24). The minimum atomic E-state index is 0.248. The summed E-state index contributed by atoms with van der Waals surface area (Å²) in [6, 6.07) is 12.9. The second kappa shape index (κ2) is 10.5. The summed E-state index contributed by atoms with van der Waals surface area (Å²) in [5.74, 6) is 1.69. The Bertz CT molecular complexity index is 754. The van der Waals surface area contributed by atoms with Crippen molar-refractivity contribution < 1.29 is 9.47 Å². The molecular formula is C21H30N4O2S. The molecule has 0 amide bonds. The number of nitrogens with zero attached hydrogens (tertiary/aromatic N) is 2. The van der Waals surface area contributed by atoms with Gasteiger partial charge in [0.25, 0.3) is 0 Å². The number of methoxy groups -OCH3 is 1. The van der Waals surface area contributed by atoms with Crippen LogP contribution >= 0.6 is 11.3 Å². The summed E-state index contributed by atoms with van der Waals surface area (Å²) in [4.78, 5) is 9.48. The van der Waals surface area contributed by atoms with E-state index in [0.717, 1.165) is 51.1 Å². The summed E-state index contributed by atoms with van der Waals surface area (Å²) < 4.78 is 10.8. The molecule has 152 valence electrons. The molecular weight excluding hydrogens is 372 g/mol. The second-order valence-corrected chi connectivity index (χ2v) is 8.13. The molecule has 1 unspecified atom stereocenters. The molecule has 0 aliphatic carbocycles. The van der Waals surface area contributed by atoms with Gasteiger partial charge < -0.3 is 20.1 Å². The Balaban J connectivity index is 1.63. The van der Waals surface area contributed by atoms with Crippen LogP contribution < -0.4 is 15.4 Å². The first-order chi connectivity index (χ1) is 13.7. The Morgan fingerprint density at radius 3 is 2.54 bits per heavy atom. The van der Waals surface area contributed by atoms with Gasteiger partial charge in [0, 0.05) is 36.4 Å². The maximum atomic E-state index is 5.54. The van der Waals surface area contributed by atoms with E-state index in [4.69, 9.17) is 9.47 Å². The third-order valence-electron chi connectivity index (χ3n) is 4.90. The first-order valence-corrected chi connectivity index (χ1v) is 10.5. The molecule has 1 saturated heterocycles. The average Bonchev–Trinajstić information content (AvgIpc) is 3.16. The number of hydrogen-bond donors (Lipinski definition) is 2. The van der Waals surface area contributed by atoms with Gasteiger partial charge in [-0.05, 0) is 36.8 Å². The zero-order valence-electron chi connectivity index (χ0n) is 16.9. The highest BCUT2D eigenvalue weighted by Gasteiger charge is 2.23. The van der Waals surface area contributed by atoms with Crippen LogP contribution in [0.15, 0.2) is 41.4 Å². The van der Waals surface area contributed by atoms with Gasteiger partial charge in [-0.3, -0.25) is 9.89 Å². The Morgan fingerprint density at radius 1 is 1.18 bits per heavy atom. The number of nitrogens with one attached hydrogen (secondary N) is 2. The molecule has 7 heteroatoms. The van der Waals surface area contributed by atoms with Crippen molar-refractivity contribution >= 4 is 17.3 Å². The van der Waals surface area contributed by atoms with Crippen molar-refractivity contribution in [3.8, 4) is 5.75 Å². The van der Waals surface area contributed by atoms with Crippen LogP contribution in [0, 0.1) is 6.92 Å². The van der Waals surface area contributed by atoms with E-state index in [1.165, 1.54) is 15.3 Å². The number of ether oxygens (including phenoxy) is 2. The average molecular weight is 403 g/mol. The van der Waals surface area contributed by atoms with E-state index in [-0.39, 0.29) is 6.04 Å². The normalized spacial score (nSPS) is 16.6. The van der Waals surface area contributed by atoms with E-state index in [9.17, 15) is 0 Å². The third-order valence-corrected chi connectivity index (χ3v) is 5.90. The number of morpholine rings is 1. The van der Waals surface area contributed by atoms with E-state index in [1.807, 2.05) is 30.5 Å². The van der Waals surface area contributed by atoms with E-state index in [2.05, 4.69) is 51.7 Å². The lowest BCUT2D eigenvalue weighted by Crippen LogP contribution is -2.46. The zero-order valence-corrected chi connectivity index (χ0v) is 17.7. The SMILES string of the molecule is CN=C(NCc1ccc(C)s1)NCC(c1ccc(OC)cc1)N1CCOCC1. The molecule has 6 nitrogen and oxygen atoms in total. The minimum absolute atomic E-state index is 0.248. The van der Waals surface area contributed by atoms with Gasteiger partial charge in [0.05, 0.1) is 32.9 Å². The number of aryl methyl sites for hydroxylation is 1. The molecule has 0 radical (unpaired) electrons. The number of hydrogen-bond acceptors (Lipinski definition) is 5. The van der Waals surface area contributed by atoms with Gasteiger partial charge in [-0.25, -0.2) is 0 Å². The van der Waals surface area contributed by atoms with Gasteiger partial charge in [-0.2, -0.15) is 0 Å². The van der Waals surface area contributed by atoms with Crippen LogP contribution in [-0.2, 0) is 11.3 Å². The van der Waals surface area contributed by atoms with Crippen LogP contribution in [0.3, 0.4) is 0 Å². The predicted molar refractivity (Wildman–Crippen MR) is 115 cm³/mol. The summed E-state index contributed by atoms with van der Waals surface area (Å²) in [5, 5.41) is 6.91. The number of thiophene rings is 1. The maximum absolute atomic E-state index is 5.54. The summed E-state index contributed by atoms with van der Waals surface area (Å²) in [6.07, 6.45) is 0. The molecule has 1 aromatic heterocycles. The van der Waals surface area contributed by atoms with Crippen LogP contribution in [0.1, 0.15) is 21.4 Å². The van der Waals surface area contributed by atoms with Crippen molar-refractivity contribution in [2.75, 3.05) is 47.0 Å². The van der Waals surface area contributed by atoms with Crippen molar-refractivity contribution in [2.24, 2.45) is 4.99 Å². The quantitative estimate of drug-likeness (QED) is 0.551. The lowest BCUT2D eigenvalue weighted by molar-refractivity contribution is 0.0170. The van der Waals surface area contributed by atoms with Gasteiger partial charge in [-0.15, -0.1) is 11.3 Å². The van der Waals surface area contributed by atoms with Gasteiger partial charge in [0.15, 0.2) is 5.96 Å². The first-order valence-electron chi connectivity index (χ1n) is 9.65. The van der Waals surface area contributed by atoms with Crippen molar-refractivity contribution in [1.82, 2.24) is 15.5 Å². The molecule has 0 bridgehead atoms. The number of benzene rings is 1. The van der Waals surface area contributed by atoms with Crippen LogP contribution in [0.2, 0.25) is 0 Å². The Labute approximate surface area is 171 Å². The van der Waals surface area contributed by atoms with Crippen LogP contribution in [-0.4, -0.2) is 57.9 Å². The monoisotopic (exact) mass is 402 g/mol. The zero-order chi connectivity index (χ0) is 19.8. The molecule has 1 aliphatic rings. The van der Waals surface area contributed by atoms with Crippen molar-refractivity contribution in [1.29, 1.82) is 0 Å². The topological polar surface area (TPSA) is 58.1 Å². The second-order valence-electron chi connectivity index (χ2n) is 6.76. The Kier molecular flexibility index (Phi) is 7.71. The van der Waals surface area contributed by atoms with Gasteiger partial charge in [0.1, 0.15) is 5.75 Å². The van der Waals surface area contributed by atoms with Gasteiger partial charge in [-0.1, -0.05) is 12.1 Å². The molecule has 1 aliphatic heterocycles. The molecule has 2 aromatic rings. The molecule has 1 atom stereocenters. The molecule has 0 spiro atoms. The smallest absolute Gasteiger partial charge is 0.191 e. The summed E-state index contributed by atoms with van der Waals surface area (Å²) in [5.41, 5.74) is 1.26. The number of rotatable bonds is 7. The molecule has 3 rings (SSSR count). The fourth-order valence-corrected chi connectivity index (χ4v) is 4.17. The van der Waals surface area contributed by atoms with Gasteiger partial charge >= 0.3 is 0 Å². The van der Waals surface area contributed by atoms with E-state index in [1.54, 1.807) is 7.11 Å². The van der Waals surface area contributed by atoms with Crippen LogP contribution in [0.5, 0.6) is 5.75 Å². The predicted octanol–water partition coefficient (Wildman–Crippen LogP) is 2.80. The highest BCUT2D eigenvalue weighted by Crippen LogP contribution is 2.23. The Morgan fingerprint density at radius 2 is 1.93 bits per heavy atom. The van der Waals surface area contributed by atoms with E-state index < -0.39 is 0 Å². The van der Waals surface area contributed by atoms with E-state index >= 15 is 0 Å². The molecule has 2 heterocycles. The van der Waals surface area contributed by atoms with Crippen LogP contribution in [0.25, 0.3) is 0 Å². The number of guanidine groups is 1. The molecule has 0 saturated carbocycles. The lowest BCUT2D eigenvalue weighted by atomic mass is 10.0. The van der Waals surface area contributed by atoms with Gasteiger partial charge in [0.2, 0.25) is 0 Å².